The summed E-state index contributed by atoms with van der Waals surface area (Å²) in [5.74, 6) is 1.08. The summed E-state index contributed by atoms with van der Waals surface area (Å²) in [5.41, 5.74) is 1.06. The van der Waals surface area contributed by atoms with Crippen LogP contribution in [-0.2, 0) is 11.3 Å². The Bertz CT molecular complexity index is 733. The largest absolute Gasteiger partial charge is 0.508 e. The second-order valence-corrected chi connectivity index (χ2v) is 7.93. The van der Waals surface area contributed by atoms with E-state index in [-0.39, 0.29) is 11.9 Å². The molecule has 152 valence electrons. The van der Waals surface area contributed by atoms with E-state index in [9.17, 15) is 5.11 Å². The van der Waals surface area contributed by atoms with E-state index in [1.54, 1.807) is 23.5 Å². The molecule has 28 heavy (non-hydrogen) atoms. The van der Waals surface area contributed by atoms with Gasteiger partial charge >= 0.3 is 0 Å². The number of rotatable bonds is 7. The summed E-state index contributed by atoms with van der Waals surface area (Å²) < 4.78 is 5.72. The van der Waals surface area contributed by atoms with Crippen LogP contribution in [-0.4, -0.2) is 54.9 Å². The molecule has 1 aromatic heterocycles. The van der Waals surface area contributed by atoms with Gasteiger partial charge < -0.3 is 20.5 Å². The molecule has 0 saturated carbocycles. The Labute approximate surface area is 171 Å². The maximum Gasteiger partial charge on any atom is 0.191 e. The van der Waals surface area contributed by atoms with Gasteiger partial charge in [-0.1, -0.05) is 18.2 Å². The van der Waals surface area contributed by atoms with Gasteiger partial charge in [-0.05, 0) is 43.0 Å². The van der Waals surface area contributed by atoms with Crippen molar-refractivity contribution in [1.29, 1.82) is 0 Å². The second-order valence-electron chi connectivity index (χ2n) is 6.95. The van der Waals surface area contributed by atoms with Gasteiger partial charge in [-0.25, -0.2) is 4.99 Å². The third-order valence-electron chi connectivity index (χ3n) is 4.75. The number of aromatic hydroxyl groups is 1. The lowest BCUT2D eigenvalue weighted by Gasteiger charge is -2.37. The van der Waals surface area contributed by atoms with Crippen molar-refractivity contribution in [3.05, 3.63) is 52.2 Å². The molecule has 1 fully saturated rings. The molecule has 2 atom stereocenters. The maximum atomic E-state index is 9.42. The zero-order valence-corrected chi connectivity index (χ0v) is 17.4. The van der Waals surface area contributed by atoms with Crippen LogP contribution in [0.4, 0.5) is 0 Å². The first-order chi connectivity index (χ1) is 13.7. The van der Waals surface area contributed by atoms with E-state index in [4.69, 9.17) is 9.73 Å². The highest BCUT2D eigenvalue weighted by atomic mass is 32.1. The summed E-state index contributed by atoms with van der Waals surface area (Å²) >= 11 is 1.80. The van der Waals surface area contributed by atoms with Gasteiger partial charge in [0.2, 0.25) is 0 Å². The fraction of sp³-hybridized carbons (Fsp3) is 0.476. The standard InChI is InChI=1S/C21H30N4O2S/c1-3-22-21(23-13-17-6-8-18(26)9-7-17)24-14-19(20-5-4-12-28-20)25-10-11-27-16(2)15-25/h4-9,12,16,19,26H,3,10-11,13-15H2,1-2H3,(H2,22,23,24). The Kier molecular flexibility index (Phi) is 7.71. The number of morpholine rings is 1. The molecule has 1 aliphatic rings. The molecule has 2 aromatic rings. The van der Waals surface area contributed by atoms with Gasteiger partial charge in [-0.2, -0.15) is 0 Å². The van der Waals surface area contributed by atoms with Crippen LogP contribution in [0.5, 0.6) is 5.75 Å². The number of aliphatic imine (C=N–C) groups is 1. The summed E-state index contributed by atoms with van der Waals surface area (Å²) in [6, 6.07) is 11.8. The van der Waals surface area contributed by atoms with E-state index in [0.717, 1.165) is 44.3 Å². The molecule has 0 spiro atoms. The molecular formula is C21H30N4O2S. The number of nitrogens with one attached hydrogen (secondary N) is 2. The number of thiophene rings is 1. The van der Waals surface area contributed by atoms with Crippen LogP contribution in [0.2, 0.25) is 0 Å². The third kappa shape index (κ3) is 5.95. The molecule has 3 N–H and O–H groups in total. The van der Waals surface area contributed by atoms with Crippen LogP contribution in [0, 0.1) is 0 Å². The van der Waals surface area contributed by atoms with Crippen LogP contribution in [0.1, 0.15) is 30.3 Å². The Morgan fingerprint density at radius 2 is 2.14 bits per heavy atom. The van der Waals surface area contributed by atoms with Gasteiger partial charge in [-0.3, -0.25) is 4.90 Å². The lowest BCUT2D eigenvalue weighted by atomic mass is 10.1. The van der Waals surface area contributed by atoms with Gasteiger partial charge in [0, 0.05) is 31.1 Å². The summed E-state index contributed by atoms with van der Waals surface area (Å²) in [6.07, 6.45) is 0.257. The van der Waals surface area contributed by atoms with Crippen LogP contribution >= 0.6 is 11.3 Å². The number of phenols is 1. The van der Waals surface area contributed by atoms with E-state index in [2.05, 4.69) is 46.9 Å². The van der Waals surface area contributed by atoms with Gasteiger partial charge in [0.05, 0.1) is 25.3 Å². The van der Waals surface area contributed by atoms with Gasteiger partial charge in [0.25, 0.3) is 0 Å². The average molecular weight is 403 g/mol. The Morgan fingerprint density at radius 1 is 1.32 bits per heavy atom. The summed E-state index contributed by atoms with van der Waals surface area (Å²) in [7, 11) is 0. The van der Waals surface area contributed by atoms with Crippen molar-refractivity contribution in [2.45, 2.75) is 32.5 Å². The van der Waals surface area contributed by atoms with Crippen molar-refractivity contribution in [3.63, 3.8) is 0 Å². The molecule has 2 unspecified atom stereocenters. The molecule has 1 aliphatic heterocycles. The minimum atomic E-state index is 0.257. The first-order valence-electron chi connectivity index (χ1n) is 9.85. The Balaban J connectivity index is 1.66. The minimum absolute atomic E-state index is 0.257. The number of hydrogen-bond donors (Lipinski definition) is 3. The number of guanidine groups is 1. The van der Waals surface area contributed by atoms with E-state index in [1.165, 1.54) is 4.88 Å². The van der Waals surface area contributed by atoms with E-state index in [0.29, 0.717) is 12.6 Å². The molecular weight excluding hydrogens is 372 g/mol. The van der Waals surface area contributed by atoms with E-state index < -0.39 is 0 Å². The first kappa shape index (κ1) is 20.6. The van der Waals surface area contributed by atoms with Gasteiger partial charge in [0.15, 0.2) is 5.96 Å². The monoisotopic (exact) mass is 402 g/mol. The fourth-order valence-corrected chi connectivity index (χ4v) is 4.19. The first-order valence-corrected chi connectivity index (χ1v) is 10.7. The smallest absolute Gasteiger partial charge is 0.191 e. The fourth-order valence-electron chi connectivity index (χ4n) is 3.33. The molecule has 1 saturated heterocycles. The van der Waals surface area contributed by atoms with Crippen molar-refractivity contribution in [2.75, 3.05) is 32.8 Å². The van der Waals surface area contributed by atoms with Gasteiger partial charge in [0.1, 0.15) is 5.75 Å². The number of phenolic OH excluding ortho intramolecular Hbond substituents is 1. The van der Waals surface area contributed by atoms with Gasteiger partial charge in [-0.15, -0.1) is 11.3 Å². The van der Waals surface area contributed by atoms with Crippen molar-refractivity contribution >= 4 is 17.3 Å². The Hall–Kier alpha value is -2.09. The highest BCUT2D eigenvalue weighted by molar-refractivity contribution is 7.10. The van der Waals surface area contributed by atoms with Crippen molar-refractivity contribution in [3.8, 4) is 5.75 Å². The molecule has 1 aromatic carbocycles. The SMILES string of the molecule is CCNC(=NCc1ccc(O)cc1)NCC(c1cccs1)N1CCOC(C)C1. The molecule has 0 aliphatic carbocycles. The molecule has 6 nitrogen and oxygen atoms in total. The summed E-state index contributed by atoms with van der Waals surface area (Å²) in [4.78, 5) is 8.55. The number of nitrogens with zero attached hydrogens (tertiary/aromatic N) is 2. The summed E-state index contributed by atoms with van der Waals surface area (Å²) in [5, 5.41) is 18.4. The highest BCUT2D eigenvalue weighted by Crippen LogP contribution is 2.26. The molecule has 0 bridgehead atoms. The van der Waals surface area contributed by atoms with E-state index in [1.807, 2.05) is 12.1 Å². The predicted octanol–water partition coefficient (Wildman–Crippen LogP) is 2.97. The molecule has 0 radical (unpaired) electrons. The number of ether oxygens (including phenoxy) is 1. The topological polar surface area (TPSA) is 69.1 Å². The maximum absolute atomic E-state index is 9.42. The summed E-state index contributed by atoms with van der Waals surface area (Å²) in [6.45, 7) is 9.01. The van der Waals surface area contributed by atoms with Crippen LogP contribution in [0.15, 0.2) is 46.8 Å². The van der Waals surface area contributed by atoms with Crippen molar-refractivity contribution < 1.29 is 9.84 Å². The van der Waals surface area contributed by atoms with Crippen molar-refractivity contribution in [2.24, 2.45) is 4.99 Å². The number of benzene rings is 1. The molecule has 3 rings (SSSR count). The third-order valence-corrected chi connectivity index (χ3v) is 5.72. The Morgan fingerprint density at radius 3 is 2.82 bits per heavy atom. The molecule has 2 heterocycles. The zero-order valence-electron chi connectivity index (χ0n) is 16.6. The molecule has 0 amide bonds. The van der Waals surface area contributed by atoms with Crippen LogP contribution in [0.25, 0.3) is 0 Å². The van der Waals surface area contributed by atoms with E-state index >= 15 is 0 Å². The lowest BCUT2D eigenvalue weighted by Crippen LogP contribution is -2.48. The highest BCUT2D eigenvalue weighted by Gasteiger charge is 2.26. The minimum Gasteiger partial charge on any atom is -0.508 e. The predicted molar refractivity (Wildman–Crippen MR) is 115 cm³/mol. The van der Waals surface area contributed by atoms with Crippen LogP contribution in [0.3, 0.4) is 0 Å². The normalized spacial score (nSPS) is 19.4. The quantitative estimate of drug-likeness (QED) is 0.491. The van der Waals surface area contributed by atoms with Crippen molar-refractivity contribution in [1.82, 2.24) is 15.5 Å². The second kappa shape index (κ2) is 10.5. The lowest BCUT2D eigenvalue weighted by molar-refractivity contribution is -0.0334. The molecule has 7 heteroatoms. The van der Waals surface area contributed by atoms with Crippen LogP contribution < -0.4 is 10.6 Å². The zero-order chi connectivity index (χ0) is 19.8. The number of hydrogen-bond acceptors (Lipinski definition) is 5. The average Bonchev–Trinajstić information content (AvgIpc) is 3.22.